The zero-order valence-corrected chi connectivity index (χ0v) is 21.6. The smallest absolute Gasteiger partial charge is 0.317 e. The van der Waals surface area contributed by atoms with Gasteiger partial charge in [-0.15, -0.1) is 0 Å². The lowest BCUT2D eigenvalue weighted by atomic mass is 9.46. The van der Waals surface area contributed by atoms with Gasteiger partial charge in [-0.05, 0) is 93.6 Å². The van der Waals surface area contributed by atoms with Gasteiger partial charge in [-0.2, -0.15) is 0 Å². The van der Waals surface area contributed by atoms with Crippen LogP contribution < -0.4 is 0 Å². The molecule has 0 aromatic carbocycles. The standard InChI is InChI=1S/C28H43N3O3/c1-19(29-34-26(33)18-31-15-13-30(4)14-16-31)23-7-8-24-22-6-5-20-17-21(32)9-11-27(20,2)25(22)10-12-28(23,24)3/h17,22-25H,5-16,18H2,1-4H3/t22-,23+,24-,25-,27-,28+/m0/s1. The van der Waals surface area contributed by atoms with Gasteiger partial charge in [0.1, 0.15) is 0 Å². The average molecular weight is 470 g/mol. The van der Waals surface area contributed by atoms with E-state index in [1.54, 1.807) is 0 Å². The molecule has 0 bridgehead atoms. The largest absolute Gasteiger partial charge is 0.348 e. The molecule has 6 nitrogen and oxygen atoms in total. The highest BCUT2D eigenvalue weighted by Gasteiger charge is 2.59. The number of likely N-dealkylation sites (N-methyl/N-ethyl adjacent to an activating group) is 1. The van der Waals surface area contributed by atoms with E-state index in [0.29, 0.717) is 30.1 Å². The van der Waals surface area contributed by atoms with E-state index in [1.807, 2.05) is 6.08 Å². The molecule has 1 saturated heterocycles. The summed E-state index contributed by atoms with van der Waals surface area (Å²) in [7, 11) is 2.12. The second-order valence-corrected chi connectivity index (χ2v) is 12.4. The van der Waals surface area contributed by atoms with Crippen LogP contribution in [0.2, 0.25) is 0 Å². The van der Waals surface area contributed by atoms with Gasteiger partial charge in [0, 0.05) is 38.5 Å². The third-order valence-corrected chi connectivity index (χ3v) is 10.7. The zero-order valence-electron chi connectivity index (χ0n) is 21.6. The lowest BCUT2D eigenvalue weighted by Crippen LogP contribution is -2.51. The van der Waals surface area contributed by atoms with E-state index >= 15 is 0 Å². The molecular weight excluding hydrogens is 426 g/mol. The minimum Gasteiger partial charge on any atom is -0.317 e. The molecule has 6 atom stereocenters. The van der Waals surface area contributed by atoms with Crippen molar-refractivity contribution in [3.05, 3.63) is 11.6 Å². The number of fused-ring (bicyclic) bond motifs is 5. The topological polar surface area (TPSA) is 62.2 Å². The van der Waals surface area contributed by atoms with Crippen LogP contribution in [-0.2, 0) is 14.4 Å². The molecule has 1 heterocycles. The number of hydrogen-bond donors (Lipinski definition) is 0. The van der Waals surface area contributed by atoms with Gasteiger partial charge < -0.3 is 9.74 Å². The van der Waals surface area contributed by atoms with Crippen LogP contribution in [0.15, 0.2) is 16.8 Å². The van der Waals surface area contributed by atoms with E-state index in [2.05, 4.69) is 42.8 Å². The number of allylic oxidation sites excluding steroid dienone is 1. The Morgan fingerprint density at radius 1 is 1.06 bits per heavy atom. The molecule has 0 radical (unpaired) electrons. The maximum absolute atomic E-state index is 12.4. The van der Waals surface area contributed by atoms with Crippen LogP contribution in [0, 0.1) is 34.5 Å². The molecule has 0 spiro atoms. The fraction of sp³-hybridized carbons (Fsp3) is 0.821. The Morgan fingerprint density at radius 3 is 2.59 bits per heavy atom. The number of piperazine rings is 1. The third kappa shape index (κ3) is 4.19. The summed E-state index contributed by atoms with van der Waals surface area (Å²) in [6.45, 7) is 11.1. The molecule has 4 fully saturated rings. The lowest BCUT2D eigenvalue weighted by Gasteiger charge is -2.58. The zero-order chi connectivity index (χ0) is 24.1. The Hall–Kier alpha value is -1.53. The Bertz CT molecular complexity index is 889. The number of carbonyl (C=O) groups is 2. The molecule has 1 aliphatic heterocycles. The molecule has 34 heavy (non-hydrogen) atoms. The predicted octanol–water partition coefficient (Wildman–Crippen LogP) is 4.30. The summed E-state index contributed by atoms with van der Waals surface area (Å²) in [6.07, 6.45) is 10.9. The summed E-state index contributed by atoms with van der Waals surface area (Å²) in [5, 5.41) is 4.40. The second kappa shape index (κ2) is 9.16. The molecule has 5 aliphatic rings. The Morgan fingerprint density at radius 2 is 1.82 bits per heavy atom. The quantitative estimate of drug-likeness (QED) is 0.349. The Balaban J connectivity index is 1.24. The Kier molecular flexibility index (Phi) is 6.52. The van der Waals surface area contributed by atoms with Crippen molar-refractivity contribution in [3.8, 4) is 0 Å². The van der Waals surface area contributed by atoms with Crippen molar-refractivity contribution in [2.45, 2.75) is 72.1 Å². The number of nitrogens with zero attached hydrogens (tertiary/aromatic N) is 3. The first-order valence-electron chi connectivity index (χ1n) is 13.6. The van der Waals surface area contributed by atoms with Crippen molar-refractivity contribution in [2.75, 3.05) is 39.8 Å². The molecule has 5 rings (SSSR count). The van der Waals surface area contributed by atoms with Gasteiger partial charge in [-0.1, -0.05) is 24.6 Å². The van der Waals surface area contributed by atoms with Crippen LogP contribution in [0.5, 0.6) is 0 Å². The minimum absolute atomic E-state index is 0.220. The van der Waals surface area contributed by atoms with E-state index in [1.165, 1.54) is 31.3 Å². The second-order valence-electron chi connectivity index (χ2n) is 12.4. The van der Waals surface area contributed by atoms with Gasteiger partial charge >= 0.3 is 5.97 Å². The molecule has 4 aliphatic carbocycles. The average Bonchev–Trinajstić information content (AvgIpc) is 3.17. The van der Waals surface area contributed by atoms with Crippen LogP contribution in [0.4, 0.5) is 0 Å². The minimum atomic E-state index is -0.237. The van der Waals surface area contributed by atoms with Crippen molar-refractivity contribution in [1.82, 2.24) is 9.80 Å². The van der Waals surface area contributed by atoms with Crippen molar-refractivity contribution >= 4 is 17.5 Å². The number of rotatable bonds is 4. The first-order valence-corrected chi connectivity index (χ1v) is 13.6. The third-order valence-electron chi connectivity index (χ3n) is 10.7. The number of oxime groups is 1. The van der Waals surface area contributed by atoms with Crippen molar-refractivity contribution < 1.29 is 14.4 Å². The summed E-state index contributed by atoms with van der Waals surface area (Å²) >= 11 is 0. The van der Waals surface area contributed by atoms with Gasteiger partial charge in [-0.3, -0.25) is 9.69 Å². The van der Waals surface area contributed by atoms with Crippen LogP contribution in [0.25, 0.3) is 0 Å². The summed E-state index contributed by atoms with van der Waals surface area (Å²) < 4.78 is 0. The lowest BCUT2D eigenvalue weighted by molar-refractivity contribution is -0.145. The molecule has 0 amide bonds. The van der Waals surface area contributed by atoms with Crippen LogP contribution in [0.3, 0.4) is 0 Å². The van der Waals surface area contributed by atoms with Gasteiger partial charge in [0.25, 0.3) is 0 Å². The highest BCUT2D eigenvalue weighted by molar-refractivity contribution is 5.91. The van der Waals surface area contributed by atoms with Gasteiger partial charge in [0.2, 0.25) is 0 Å². The number of ketones is 1. The molecule has 0 aromatic rings. The molecule has 188 valence electrons. The van der Waals surface area contributed by atoms with Crippen LogP contribution in [-0.4, -0.2) is 67.0 Å². The maximum atomic E-state index is 12.4. The first kappa shape index (κ1) is 24.2. The molecular formula is C28H43N3O3. The SMILES string of the molecule is CC(=NOC(=O)CN1CCN(C)CC1)[C@H]1CC[C@H]2[C@@H]3CCC4=CC(=O)CC[C@]4(C)[C@H]3CC[C@]12C. The summed E-state index contributed by atoms with van der Waals surface area (Å²) in [4.78, 5) is 34.4. The normalized spacial score (nSPS) is 41.4. The number of hydrogen-bond acceptors (Lipinski definition) is 6. The molecule has 3 saturated carbocycles. The Labute approximate surface area is 205 Å². The van der Waals surface area contributed by atoms with Crippen LogP contribution >= 0.6 is 0 Å². The van der Waals surface area contributed by atoms with E-state index in [9.17, 15) is 9.59 Å². The van der Waals surface area contributed by atoms with E-state index < -0.39 is 0 Å². The van der Waals surface area contributed by atoms with Gasteiger partial charge in [0.15, 0.2) is 5.78 Å². The van der Waals surface area contributed by atoms with Gasteiger partial charge in [0.05, 0.1) is 12.3 Å². The highest BCUT2D eigenvalue weighted by atomic mass is 16.7. The summed E-state index contributed by atoms with van der Waals surface area (Å²) in [5.41, 5.74) is 2.90. The fourth-order valence-electron chi connectivity index (χ4n) is 8.65. The molecule has 0 aromatic heterocycles. The maximum Gasteiger partial charge on any atom is 0.348 e. The monoisotopic (exact) mass is 469 g/mol. The van der Waals surface area contributed by atoms with Crippen molar-refractivity contribution in [3.63, 3.8) is 0 Å². The molecule has 0 unspecified atom stereocenters. The van der Waals surface area contributed by atoms with E-state index in [-0.39, 0.29) is 16.8 Å². The summed E-state index contributed by atoms with van der Waals surface area (Å²) in [5.74, 6) is 2.65. The van der Waals surface area contributed by atoms with E-state index in [4.69, 9.17) is 4.84 Å². The van der Waals surface area contributed by atoms with Crippen molar-refractivity contribution in [2.24, 2.45) is 39.7 Å². The van der Waals surface area contributed by atoms with Crippen LogP contribution in [0.1, 0.15) is 72.1 Å². The number of carbonyl (C=O) groups excluding carboxylic acids is 2. The van der Waals surface area contributed by atoms with Gasteiger partial charge in [-0.25, -0.2) is 4.79 Å². The highest BCUT2D eigenvalue weighted by Crippen LogP contribution is 2.66. The first-order chi connectivity index (χ1) is 16.2. The van der Waals surface area contributed by atoms with Crippen molar-refractivity contribution in [1.29, 1.82) is 0 Å². The predicted molar refractivity (Wildman–Crippen MR) is 133 cm³/mol. The summed E-state index contributed by atoms with van der Waals surface area (Å²) in [6, 6.07) is 0. The molecule has 6 heteroatoms. The van der Waals surface area contributed by atoms with E-state index in [0.717, 1.165) is 63.5 Å². The fourth-order valence-corrected chi connectivity index (χ4v) is 8.65. The molecule has 0 N–H and O–H groups in total.